The number of aromatic nitrogens is 1. The highest BCUT2D eigenvalue weighted by Crippen LogP contribution is 2.27. The topological polar surface area (TPSA) is 99.1 Å². The van der Waals surface area contributed by atoms with E-state index in [9.17, 15) is 9.59 Å². The van der Waals surface area contributed by atoms with Gasteiger partial charge in [0.2, 0.25) is 0 Å². The molecule has 0 unspecified atom stereocenters. The minimum Gasteiger partial charge on any atom is -0.493 e. The summed E-state index contributed by atoms with van der Waals surface area (Å²) in [5.74, 6) is -0.0204. The molecule has 0 aliphatic rings. The van der Waals surface area contributed by atoms with Crippen LogP contribution in [0.2, 0.25) is 0 Å². The second kappa shape index (κ2) is 9.77. The average molecular weight is 357 g/mol. The number of carbonyl (C=O) groups is 2. The third-order valence-corrected chi connectivity index (χ3v) is 3.14. The number of nitrogens with one attached hydrogen (secondary N) is 1. The van der Waals surface area contributed by atoms with Crippen molar-refractivity contribution in [3.05, 3.63) is 53.9 Å². The zero-order valence-corrected chi connectivity index (χ0v) is 14.5. The number of nitrogens with zero attached hydrogens (tertiary/aromatic N) is 2. The van der Waals surface area contributed by atoms with Crippen LogP contribution in [0.5, 0.6) is 11.5 Å². The zero-order chi connectivity index (χ0) is 18.8. The number of esters is 1. The molecule has 0 bridgehead atoms. The Morgan fingerprint density at radius 3 is 2.81 bits per heavy atom. The van der Waals surface area contributed by atoms with E-state index in [0.717, 1.165) is 0 Å². The predicted molar refractivity (Wildman–Crippen MR) is 94.4 cm³/mol. The van der Waals surface area contributed by atoms with Crippen LogP contribution in [0.15, 0.2) is 47.8 Å². The molecule has 26 heavy (non-hydrogen) atoms. The molecule has 2 rings (SSSR count). The lowest BCUT2D eigenvalue weighted by Crippen LogP contribution is -2.17. The second-order valence-corrected chi connectivity index (χ2v) is 4.94. The van der Waals surface area contributed by atoms with Crippen LogP contribution in [0.3, 0.4) is 0 Å². The Hall–Kier alpha value is -3.42. The molecule has 0 atom stereocenters. The molecule has 8 heteroatoms. The zero-order valence-electron chi connectivity index (χ0n) is 14.5. The van der Waals surface area contributed by atoms with Gasteiger partial charge in [0, 0.05) is 12.4 Å². The van der Waals surface area contributed by atoms with Gasteiger partial charge < -0.3 is 14.2 Å². The average Bonchev–Trinajstić information content (AvgIpc) is 2.67. The summed E-state index contributed by atoms with van der Waals surface area (Å²) in [7, 11) is 1.49. The van der Waals surface area contributed by atoms with Crippen LogP contribution in [0, 0.1) is 0 Å². The van der Waals surface area contributed by atoms with E-state index in [1.807, 2.05) is 0 Å². The highest BCUT2D eigenvalue weighted by atomic mass is 16.6. The Morgan fingerprint density at radius 1 is 1.27 bits per heavy atom. The predicted octanol–water partition coefficient (Wildman–Crippen LogP) is 1.80. The van der Waals surface area contributed by atoms with Crippen LogP contribution in [0.1, 0.15) is 22.8 Å². The van der Waals surface area contributed by atoms with Gasteiger partial charge in [-0.05, 0) is 42.8 Å². The molecule has 136 valence electrons. The van der Waals surface area contributed by atoms with Gasteiger partial charge >= 0.3 is 5.97 Å². The highest BCUT2D eigenvalue weighted by molar-refractivity contribution is 5.94. The Bertz CT molecular complexity index is 778. The maximum atomic E-state index is 11.9. The molecule has 8 nitrogen and oxygen atoms in total. The van der Waals surface area contributed by atoms with Gasteiger partial charge in [0.1, 0.15) is 0 Å². The summed E-state index contributed by atoms with van der Waals surface area (Å²) in [5.41, 5.74) is 3.46. The molecule has 1 aromatic carbocycles. The Kier molecular flexibility index (Phi) is 7.11. The quantitative estimate of drug-likeness (QED) is 0.439. The van der Waals surface area contributed by atoms with Crippen molar-refractivity contribution in [2.45, 2.75) is 6.92 Å². The first-order valence-corrected chi connectivity index (χ1v) is 7.84. The van der Waals surface area contributed by atoms with E-state index in [2.05, 4.69) is 15.5 Å². The fourth-order valence-corrected chi connectivity index (χ4v) is 1.95. The fraction of sp³-hybridized carbons (Fsp3) is 0.222. The van der Waals surface area contributed by atoms with E-state index in [4.69, 9.17) is 14.2 Å². The summed E-state index contributed by atoms with van der Waals surface area (Å²) in [4.78, 5) is 27.2. The maximum Gasteiger partial charge on any atom is 0.344 e. The van der Waals surface area contributed by atoms with Crippen LogP contribution in [0.25, 0.3) is 0 Å². The first-order valence-electron chi connectivity index (χ1n) is 7.84. The number of amides is 1. The molecular weight excluding hydrogens is 338 g/mol. The minimum absolute atomic E-state index is 0.234. The Labute approximate surface area is 150 Å². The standard InChI is InChI=1S/C18H19N3O5/c1-3-25-17(22)12-26-16-9-13(6-7-15(16)24-2)10-20-21-18(23)14-5-4-8-19-11-14/h4-11H,3,12H2,1-2H3,(H,21,23)/b20-10-. The number of carbonyl (C=O) groups excluding carboxylic acids is 2. The van der Waals surface area contributed by atoms with E-state index in [-0.39, 0.29) is 19.1 Å². The van der Waals surface area contributed by atoms with Crippen molar-refractivity contribution in [3.63, 3.8) is 0 Å². The second-order valence-electron chi connectivity index (χ2n) is 4.94. The SMILES string of the molecule is CCOC(=O)COc1cc(/C=N\NC(=O)c2cccnc2)ccc1OC. The molecule has 0 saturated carbocycles. The normalized spacial score (nSPS) is 10.4. The van der Waals surface area contributed by atoms with E-state index in [1.54, 1.807) is 43.5 Å². The lowest BCUT2D eigenvalue weighted by atomic mass is 10.2. The molecule has 0 spiro atoms. The number of ether oxygens (including phenoxy) is 3. The van der Waals surface area contributed by atoms with Crippen molar-refractivity contribution >= 4 is 18.1 Å². The Balaban J connectivity index is 2.01. The lowest BCUT2D eigenvalue weighted by molar-refractivity contribution is -0.145. The molecule has 0 aliphatic heterocycles. The molecule has 1 amide bonds. The van der Waals surface area contributed by atoms with Crippen LogP contribution in [0.4, 0.5) is 0 Å². The monoisotopic (exact) mass is 357 g/mol. The van der Waals surface area contributed by atoms with Crippen molar-refractivity contribution in [1.82, 2.24) is 10.4 Å². The van der Waals surface area contributed by atoms with Crippen LogP contribution in [-0.2, 0) is 9.53 Å². The van der Waals surface area contributed by atoms with Crippen molar-refractivity contribution in [2.24, 2.45) is 5.10 Å². The van der Waals surface area contributed by atoms with Crippen molar-refractivity contribution in [1.29, 1.82) is 0 Å². The summed E-state index contributed by atoms with van der Waals surface area (Å²) in [6, 6.07) is 8.33. The van der Waals surface area contributed by atoms with Gasteiger partial charge in [0.15, 0.2) is 18.1 Å². The molecular formula is C18H19N3O5. The number of hydrogen-bond acceptors (Lipinski definition) is 7. The van der Waals surface area contributed by atoms with Gasteiger partial charge in [-0.2, -0.15) is 5.10 Å². The number of benzene rings is 1. The van der Waals surface area contributed by atoms with Crippen molar-refractivity contribution in [2.75, 3.05) is 20.3 Å². The molecule has 0 saturated heterocycles. The third kappa shape index (κ3) is 5.59. The summed E-state index contributed by atoms with van der Waals surface area (Å²) in [6.45, 7) is 1.76. The minimum atomic E-state index is -0.475. The summed E-state index contributed by atoms with van der Waals surface area (Å²) < 4.78 is 15.4. The largest absolute Gasteiger partial charge is 0.493 e. The first-order chi connectivity index (χ1) is 12.6. The third-order valence-electron chi connectivity index (χ3n) is 3.14. The summed E-state index contributed by atoms with van der Waals surface area (Å²) in [5, 5.41) is 3.90. The van der Waals surface area contributed by atoms with Crippen LogP contribution < -0.4 is 14.9 Å². The summed E-state index contributed by atoms with van der Waals surface area (Å²) >= 11 is 0. The summed E-state index contributed by atoms with van der Waals surface area (Å²) in [6.07, 6.45) is 4.47. The van der Waals surface area contributed by atoms with Gasteiger partial charge in [-0.15, -0.1) is 0 Å². The first kappa shape index (κ1) is 18.9. The maximum absolute atomic E-state index is 11.9. The van der Waals surface area contributed by atoms with Crippen molar-refractivity contribution in [3.8, 4) is 11.5 Å². The smallest absolute Gasteiger partial charge is 0.344 e. The number of rotatable bonds is 8. The van der Waals surface area contributed by atoms with E-state index < -0.39 is 5.97 Å². The molecule has 0 aliphatic carbocycles. The Morgan fingerprint density at radius 2 is 2.12 bits per heavy atom. The number of hydrogen-bond donors (Lipinski definition) is 1. The molecule has 1 heterocycles. The molecule has 0 radical (unpaired) electrons. The van der Waals surface area contributed by atoms with E-state index in [0.29, 0.717) is 22.6 Å². The lowest BCUT2D eigenvalue weighted by Gasteiger charge is -2.10. The molecule has 1 N–H and O–H groups in total. The van der Waals surface area contributed by atoms with E-state index >= 15 is 0 Å². The molecule has 0 fully saturated rings. The van der Waals surface area contributed by atoms with Gasteiger partial charge in [-0.1, -0.05) is 0 Å². The van der Waals surface area contributed by atoms with Crippen LogP contribution >= 0.6 is 0 Å². The number of hydrazone groups is 1. The van der Waals surface area contributed by atoms with Gasteiger partial charge in [0.25, 0.3) is 5.91 Å². The van der Waals surface area contributed by atoms with Crippen molar-refractivity contribution < 1.29 is 23.8 Å². The van der Waals surface area contributed by atoms with E-state index in [1.165, 1.54) is 19.5 Å². The van der Waals surface area contributed by atoms with Gasteiger partial charge in [-0.3, -0.25) is 9.78 Å². The number of methoxy groups -OCH3 is 1. The van der Waals surface area contributed by atoms with Crippen LogP contribution in [-0.4, -0.2) is 43.4 Å². The van der Waals surface area contributed by atoms with Gasteiger partial charge in [-0.25, -0.2) is 10.2 Å². The molecule has 2 aromatic rings. The van der Waals surface area contributed by atoms with Gasteiger partial charge in [0.05, 0.1) is 25.5 Å². The fourth-order valence-electron chi connectivity index (χ4n) is 1.95. The molecule has 1 aromatic heterocycles. The highest BCUT2D eigenvalue weighted by Gasteiger charge is 2.09. The number of pyridine rings is 1.